The minimum Gasteiger partial charge on any atom is -0.350 e. The highest BCUT2D eigenvalue weighted by molar-refractivity contribution is 7.14. The van der Waals surface area contributed by atoms with E-state index >= 15 is 0 Å². The molecule has 0 saturated carbocycles. The lowest BCUT2D eigenvalue weighted by Crippen LogP contribution is -2.27. The Hall–Kier alpha value is -2.06. The number of rotatable bonds is 6. The number of hydrogen-bond donors (Lipinski definition) is 1. The van der Waals surface area contributed by atoms with Crippen molar-refractivity contribution in [3.63, 3.8) is 0 Å². The molecular weight excluding hydrogens is 336 g/mol. The van der Waals surface area contributed by atoms with Crippen molar-refractivity contribution in [1.29, 1.82) is 0 Å². The van der Waals surface area contributed by atoms with E-state index < -0.39 is 0 Å². The van der Waals surface area contributed by atoms with Gasteiger partial charge in [0, 0.05) is 18.0 Å². The van der Waals surface area contributed by atoms with Gasteiger partial charge in [-0.1, -0.05) is 0 Å². The SMILES string of the molecule is Cc1ccc(N2CCCc3sc(C(=O)NCCCN(C)C)nc32)nn1. The number of carbonyl (C=O) groups is 1. The molecule has 25 heavy (non-hydrogen) atoms. The van der Waals surface area contributed by atoms with Gasteiger partial charge in [-0.05, 0) is 59.0 Å². The summed E-state index contributed by atoms with van der Waals surface area (Å²) in [5.74, 6) is 1.55. The molecule has 1 amide bonds. The Bertz CT molecular complexity index is 727. The number of fused-ring (bicyclic) bond motifs is 1. The van der Waals surface area contributed by atoms with Gasteiger partial charge in [-0.25, -0.2) is 4.98 Å². The van der Waals surface area contributed by atoms with Crippen molar-refractivity contribution in [2.24, 2.45) is 0 Å². The largest absolute Gasteiger partial charge is 0.350 e. The number of nitrogens with one attached hydrogen (secondary N) is 1. The number of nitrogens with zero attached hydrogens (tertiary/aromatic N) is 5. The van der Waals surface area contributed by atoms with E-state index in [1.54, 1.807) is 0 Å². The smallest absolute Gasteiger partial charge is 0.280 e. The molecule has 0 fully saturated rings. The molecule has 0 atom stereocenters. The lowest BCUT2D eigenvalue weighted by Gasteiger charge is -2.25. The van der Waals surface area contributed by atoms with E-state index in [1.165, 1.54) is 11.3 Å². The first-order valence-corrected chi connectivity index (χ1v) is 9.37. The maximum Gasteiger partial charge on any atom is 0.280 e. The Morgan fingerprint density at radius 1 is 1.36 bits per heavy atom. The molecule has 0 spiro atoms. The number of aromatic nitrogens is 3. The van der Waals surface area contributed by atoms with E-state index in [2.05, 4.69) is 30.3 Å². The monoisotopic (exact) mass is 360 g/mol. The fourth-order valence-electron chi connectivity index (χ4n) is 2.75. The van der Waals surface area contributed by atoms with Crippen molar-refractivity contribution in [3.05, 3.63) is 27.7 Å². The standard InChI is InChI=1S/C17H24N6OS/c1-12-7-8-14(21-20-12)23-11-4-6-13-15(23)19-17(25-13)16(24)18-9-5-10-22(2)3/h7-8H,4-6,9-11H2,1-3H3,(H,18,24). The second kappa shape index (κ2) is 7.88. The predicted molar refractivity (Wildman–Crippen MR) is 99.7 cm³/mol. The second-order valence-electron chi connectivity index (χ2n) is 6.47. The van der Waals surface area contributed by atoms with Crippen LogP contribution in [0.5, 0.6) is 0 Å². The summed E-state index contributed by atoms with van der Waals surface area (Å²) in [6.45, 7) is 4.38. The van der Waals surface area contributed by atoms with Gasteiger partial charge >= 0.3 is 0 Å². The summed E-state index contributed by atoms with van der Waals surface area (Å²) in [7, 11) is 4.05. The Kier molecular flexibility index (Phi) is 5.60. The Morgan fingerprint density at radius 3 is 2.92 bits per heavy atom. The molecular formula is C17H24N6OS. The number of hydrogen-bond acceptors (Lipinski definition) is 7. The molecule has 2 aromatic rings. The first kappa shape index (κ1) is 17.8. The Labute approximate surface area is 152 Å². The van der Waals surface area contributed by atoms with Crippen LogP contribution < -0.4 is 10.2 Å². The van der Waals surface area contributed by atoms with Crippen LogP contribution in [0.25, 0.3) is 0 Å². The molecule has 3 rings (SSSR count). The van der Waals surface area contributed by atoms with E-state index in [1.807, 2.05) is 33.2 Å². The topological polar surface area (TPSA) is 74.2 Å². The number of amides is 1. The number of thiazole rings is 1. The van der Waals surface area contributed by atoms with Crippen LogP contribution >= 0.6 is 11.3 Å². The van der Waals surface area contributed by atoms with Gasteiger partial charge in [0.25, 0.3) is 5.91 Å². The van der Waals surface area contributed by atoms with E-state index in [4.69, 9.17) is 0 Å². The summed E-state index contributed by atoms with van der Waals surface area (Å²) in [6.07, 6.45) is 2.90. The fraction of sp³-hybridized carbons (Fsp3) is 0.529. The molecule has 2 aromatic heterocycles. The molecule has 0 aromatic carbocycles. The molecule has 0 aliphatic carbocycles. The van der Waals surface area contributed by atoms with Gasteiger partial charge in [0.05, 0.1) is 5.69 Å². The zero-order valence-corrected chi connectivity index (χ0v) is 15.8. The highest BCUT2D eigenvalue weighted by Crippen LogP contribution is 2.35. The van der Waals surface area contributed by atoms with Crippen LogP contribution in [0, 0.1) is 6.92 Å². The average molecular weight is 360 g/mol. The van der Waals surface area contributed by atoms with Gasteiger partial charge in [-0.15, -0.1) is 16.4 Å². The van der Waals surface area contributed by atoms with Crippen molar-refractivity contribution in [1.82, 2.24) is 25.4 Å². The molecule has 8 heteroatoms. The lowest BCUT2D eigenvalue weighted by molar-refractivity contribution is 0.0952. The van der Waals surface area contributed by atoms with Crippen LogP contribution in [0.15, 0.2) is 12.1 Å². The molecule has 0 unspecified atom stereocenters. The third-order valence-electron chi connectivity index (χ3n) is 4.04. The number of anilines is 2. The van der Waals surface area contributed by atoms with Crippen LogP contribution in [0.1, 0.15) is 33.2 Å². The van der Waals surface area contributed by atoms with Gasteiger partial charge in [0.15, 0.2) is 10.8 Å². The van der Waals surface area contributed by atoms with Crippen LogP contribution in [0.2, 0.25) is 0 Å². The molecule has 3 heterocycles. The maximum absolute atomic E-state index is 12.4. The molecule has 7 nitrogen and oxygen atoms in total. The van der Waals surface area contributed by atoms with Crippen molar-refractivity contribution >= 4 is 28.9 Å². The van der Waals surface area contributed by atoms with E-state index in [9.17, 15) is 4.79 Å². The molecule has 1 aliphatic heterocycles. The maximum atomic E-state index is 12.4. The first-order valence-electron chi connectivity index (χ1n) is 8.55. The van der Waals surface area contributed by atoms with Crippen LogP contribution in [0.4, 0.5) is 11.6 Å². The second-order valence-corrected chi connectivity index (χ2v) is 7.55. The first-order chi connectivity index (χ1) is 12.0. The Morgan fingerprint density at radius 2 is 2.20 bits per heavy atom. The average Bonchev–Trinajstić information content (AvgIpc) is 3.03. The zero-order chi connectivity index (χ0) is 17.8. The fourth-order valence-corrected chi connectivity index (χ4v) is 3.77. The van der Waals surface area contributed by atoms with Gasteiger partial charge in [0.2, 0.25) is 0 Å². The summed E-state index contributed by atoms with van der Waals surface area (Å²) in [5, 5.41) is 11.9. The molecule has 0 bridgehead atoms. The van der Waals surface area contributed by atoms with Crippen molar-refractivity contribution in [2.75, 3.05) is 38.6 Å². The van der Waals surface area contributed by atoms with Gasteiger partial charge in [-0.2, -0.15) is 5.10 Å². The quantitative estimate of drug-likeness (QED) is 0.795. The molecule has 0 saturated heterocycles. The number of carbonyl (C=O) groups excluding carboxylic acids is 1. The molecule has 134 valence electrons. The zero-order valence-electron chi connectivity index (χ0n) is 14.9. The van der Waals surface area contributed by atoms with Crippen LogP contribution in [-0.4, -0.2) is 59.7 Å². The van der Waals surface area contributed by atoms with E-state index in [-0.39, 0.29) is 5.91 Å². The lowest BCUT2D eigenvalue weighted by atomic mass is 10.2. The van der Waals surface area contributed by atoms with Crippen molar-refractivity contribution in [3.8, 4) is 0 Å². The van der Waals surface area contributed by atoms with Gasteiger partial charge in [0.1, 0.15) is 5.82 Å². The Balaban J connectivity index is 1.71. The van der Waals surface area contributed by atoms with Crippen molar-refractivity contribution in [2.45, 2.75) is 26.2 Å². The molecule has 1 N–H and O–H groups in total. The van der Waals surface area contributed by atoms with Crippen LogP contribution in [0.3, 0.4) is 0 Å². The summed E-state index contributed by atoms with van der Waals surface area (Å²) in [5.41, 5.74) is 0.886. The molecule has 0 radical (unpaired) electrons. The predicted octanol–water partition coefficient (Wildman–Crippen LogP) is 2.01. The van der Waals surface area contributed by atoms with E-state index in [0.717, 1.165) is 54.6 Å². The number of aryl methyl sites for hydroxylation is 2. The summed E-state index contributed by atoms with van der Waals surface area (Å²) in [6, 6.07) is 3.90. The van der Waals surface area contributed by atoms with Gasteiger partial charge < -0.3 is 15.1 Å². The summed E-state index contributed by atoms with van der Waals surface area (Å²) in [4.78, 5) is 22.3. The van der Waals surface area contributed by atoms with Crippen molar-refractivity contribution < 1.29 is 4.79 Å². The minimum atomic E-state index is -0.0897. The summed E-state index contributed by atoms with van der Waals surface area (Å²) >= 11 is 1.49. The van der Waals surface area contributed by atoms with Gasteiger partial charge in [-0.3, -0.25) is 4.79 Å². The van der Waals surface area contributed by atoms with Crippen LogP contribution in [-0.2, 0) is 6.42 Å². The molecule has 1 aliphatic rings. The van der Waals surface area contributed by atoms with E-state index in [0.29, 0.717) is 11.6 Å². The normalized spacial score (nSPS) is 13.8. The highest BCUT2D eigenvalue weighted by Gasteiger charge is 2.26. The minimum absolute atomic E-state index is 0.0897. The summed E-state index contributed by atoms with van der Waals surface area (Å²) < 4.78 is 0. The highest BCUT2D eigenvalue weighted by atomic mass is 32.1. The third kappa shape index (κ3) is 4.32. The third-order valence-corrected chi connectivity index (χ3v) is 5.14.